The number of alkyl halides is 1. The summed E-state index contributed by atoms with van der Waals surface area (Å²) in [6.07, 6.45) is 3.12. The number of hydrogen-bond acceptors (Lipinski definition) is 3. The molecule has 106 valence electrons. The van der Waals surface area contributed by atoms with Crippen LogP contribution in [0.25, 0.3) is 11.0 Å². The van der Waals surface area contributed by atoms with Crippen LogP contribution in [0.4, 0.5) is 0 Å². The molecule has 5 heteroatoms. The zero-order valence-corrected chi connectivity index (χ0v) is 13.5. The van der Waals surface area contributed by atoms with Crippen molar-refractivity contribution in [3.63, 3.8) is 0 Å². The summed E-state index contributed by atoms with van der Waals surface area (Å²) in [6.45, 7) is 4.11. The lowest BCUT2D eigenvalue weighted by Gasteiger charge is -2.20. The molecule has 1 aromatic heterocycles. The van der Waals surface area contributed by atoms with Crippen LogP contribution < -0.4 is 0 Å². The van der Waals surface area contributed by atoms with Crippen LogP contribution in [0, 0.1) is 11.3 Å². The Morgan fingerprint density at radius 1 is 1.50 bits per heavy atom. The van der Waals surface area contributed by atoms with Gasteiger partial charge >= 0.3 is 0 Å². The van der Waals surface area contributed by atoms with Crippen molar-refractivity contribution in [3.8, 4) is 6.07 Å². The third kappa shape index (κ3) is 2.79. The van der Waals surface area contributed by atoms with E-state index in [-0.39, 0.29) is 5.38 Å². The monoisotopic (exact) mass is 307 g/mol. The number of aromatic nitrogens is 2. The highest BCUT2D eigenvalue weighted by atomic mass is 35.5. The first-order chi connectivity index (χ1) is 9.62. The summed E-state index contributed by atoms with van der Waals surface area (Å²) in [5.41, 5.74) is 2.57. The van der Waals surface area contributed by atoms with Gasteiger partial charge in [-0.3, -0.25) is 0 Å². The molecule has 2 aromatic rings. The van der Waals surface area contributed by atoms with E-state index in [0.29, 0.717) is 11.6 Å². The Morgan fingerprint density at radius 2 is 2.25 bits per heavy atom. The first-order valence-corrected chi connectivity index (χ1v) is 8.50. The van der Waals surface area contributed by atoms with Gasteiger partial charge in [0, 0.05) is 11.8 Å². The second-order valence-electron chi connectivity index (χ2n) is 4.79. The standard InChI is InChI=1S/C15H18ClN3S/c1-4-12(9-20-3)19-14-7-11(8-17)5-6-13(14)18-15(19)10(2)16/h5-7,10,12H,4,9H2,1-3H3. The SMILES string of the molecule is CCC(CSC)n1c(C(C)Cl)nc2ccc(C#N)cc21. The molecule has 0 saturated carbocycles. The van der Waals surface area contributed by atoms with E-state index in [0.717, 1.165) is 29.0 Å². The number of thioether (sulfide) groups is 1. The molecule has 0 aliphatic heterocycles. The van der Waals surface area contributed by atoms with Crippen LogP contribution in [0.1, 0.15) is 43.1 Å². The first-order valence-electron chi connectivity index (χ1n) is 6.67. The fourth-order valence-corrected chi connectivity index (χ4v) is 3.34. The van der Waals surface area contributed by atoms with E-state index in [1.807, 2.05) is 30.8 Å². The number of imidazole rings is 1. The van der Waals surface area contributed by atoms with Crippen molar-refractivity contribution < 1.29 is 0 Å². The number of nitrogens with zero attached hydrogens (tertiary/aromatic N) is 3. The highest BCUT2D eigenvalue weighted by Gasteiger charge is 2.20. The molecule has 0 radical (unpaired) electrons. The zero-order valence-electron chi connectivity index (χ0n) is 11.9. The van der Waals surface area contributed by atoms with Gasteiger partial charge in [-0.05, 0) is 37.8 Å². The smallest absolute Gasteiger partial charge is 0.127 e. The van der Waals surface area contributed by atoms with E-state index in [1.54, 1.807) is 6.07 Å². The molecule has 0 aliphatic rings. The van der Waals surface area contributed by atoms with E-state index in [9.17, 15) is 0 Å². The minimum atomic E-state index is -0.149. The molecule has 0 spiro atoms. The number of benzene rings is 1. The molecule has 3 nitrogen and oxygen atoms in total. The van der Waals surface area contributed by atoms with Gasteiger partial charge in [-0.15, -0.1) is 11.6 Å². The Labute approximate surface area is 128 Å². The number of rotatable bonds is 5. The molecular formula is C15H18ClN3S. The van der Waals surface area contributed by atoms with Gasteiger partial charge in [0.05, 0.1) is 28.0 Å². The molecule has 0 fully saturated rings. The van der Waals surface area contributed by atoms with Gasteiger partial charge in [0.1, 0.15) is 5.82 Å². The van der Waals surface area contributed by atoms with Gasteiger partial charge < -0.3 is 4.57 Å². The average molecular weight is 308 g/mol. The highest BCUT2D eigenvalue weighted by molar-refractivity contribution is 7.98. The van der Waals surface area contributed by atoms with E-state index >= 15 is 0 Å². The topological polar surface area (TPSA) is 41.6 Å². The summed E-state index contributed by atoms with van der Waals surface area (Å²) in [7, 11) is 0. The van der Waals surface area contributed by atoms with E-state index in [4.69, 9.17) is 16.9 Å². The fourth-order valence-electron chi connectivity index (χ4n) is 2.41. The molecule has 0 amide bonds. The molecule has 0 N–H and O–H groups in total. The summed E-state index contributed by atoms with van der Waals surface area (Å²) >= 11 is 8.11. The quantitative estimate of drug-likeness (QED) is 0.762. The normalized spacial score (nSPS) is 14.2. The van der Waals surface area contributed by atoms with Crippen molar-refractivity contribution >= 4 is 34.4 Å². The van der Waals surface area contributed by atoms with Crippen LogP contribution in [-0.4, -0.2) is 21.6 Å². The maximum Gasteiger partial charge on any atom is 0.127 e. The number of fused-ring (bicyclic) bond motifs is 1. The van der Waals surface area contributed by atoms with Crippen molar-refractivity contribution in [2.24, 2.45) is 0 Å². The molecule has 0 bridgehead atoms. The van der Waals surface area contributed by atoms with Crippen molar-refractivity contribution in [1.29, 1.82) is 5.26 Å². The highest BCUT2D eigenvalue weighted by Crippen LogP contribution is 2.31. The predicted molar refractivity (Wildman–Crippen MR) is 86.4 cm³/mol. The molecule has 2 unspecified atom stereocenters. The molecule has 2 atom stereocenters. The van der Waals surface area contributed by atoms with Gasteiger partial charge in [0.2, 0.25) is 0 Å². The Morgan fingerprint density at radius 3 is 2.80 bits per heavy atom. The summed E-state index contributed by atoms with van der Waals surface area (Å²) in [4.78, 5) is 4.65. The van der Waals surface area contributed by atoms with E-state index < -0.39 is 0 Å². The molecule has 20 heavy (non-hydrogen) atoms. The zero-order chi connectivity index (χ0) is 14.7. The van der Waals surface area contributed by atoms with Crippen LogP contribution in [-0.2, 0) is 0 Å². The van der Waals surface area contributed by atoms with E-state index in [2.05, 4.69) is 28.8 Å². The summed E-state index contributed by atoms with van der Waals surface area (Å²) in [6, 6.07) is 8.16. The molecule has 1 heterocycles. The number of nitriles is 1. The number of halogens is 1. The maximum absolute atomic E-state index is 9.09. The summed E-state index contributed by atoms with van der Waals surface area (Å²) < 4.78 is 2.21. The van der Waals surface area contributed by atoms with Crippen LogP contribution in [0.2, 0.25) is 0 Å². The summed E-state index contributed by atoms with van der Waals surface area (Å²) in [5, 5.41) is 8.94. The van der Waals surface area contributed by atoms with Crippen LogP contribution in [0.15, 0.2) is 18.2 Å². The maximum atomic E-state index is 9.09. The fraction of sp³-hybridized carbons (Fsp3) is 0.467. The van der Waals surface area contributed by atoms with Crippen LogP contribution >= 0.6 is 23.4 Å². The minimum absolute atomic E-state index is 0.149. The lowest BCUT2D eigenvalue weighted by Crippen LogP contribution is -2.14. The van der Waals surface area contributed by atoms with Gasteiger partial charge in [-0.25, -0.2) is 4.98 Å². The number of hydrogen-bond donors (Lipinski definition) is 0. The minimum Gasteiger partial charge on any atom is -0.323 e. The van der Waals surface area contributed by atoms with Crippen molar-refractivity contribution in [3.05, 3.63) is 29.6 Å². The summed E-state index contributed by atoms with van der Waals surface area (Å²) in [5.74, 6) is 1.90. The Kier molecular flexibility index (Phi) is 4.95. The third-order valence-electron chi connectivity index (χ3n) is 3.40. The Balaban J connectivity index is 2.69. The van der Waals surface area contributed by atoms with Crippen molar-refractivity contribution in [2.45, 2.75) is 31.7 Å². The van der Waals surface area contributed by atoms with Crippen LogP contribution in [0.5, 0.6) is 0 Å². The Bertz CT molecular complexity index is 642. The largest absolute Gasteiger partial charge is 0.323 e. The first kappa shape index (κ1) is 15.2. The third-order valence-corrected chi connectivity index (χ3v) is 4.31. The van der Waals surface area contributed by atoms with Crippen LogP contribution in [0.3, 0.4) is 0 Å². The molecule has 0 saturated heterocycles. The molecule has 0 aliphatic carbocycles. The molecular weight excluding hydrogens is 290 g/mol. The van der Waals surface area contributed by atoms with Gasteiger partial charge in [0.25, 0.3) is 0 Å². The predicted octanol–water partition coefficient (Wildman–Crippen LogP) is 4.52. The van der Waals surface area contributed by atoms with Gasteiger partial charge in [0.15, 0.2) is 0 Å². The van der Waals surface area contributed by atoms with Crippen molar-refractivity contribution in [1.82, 2.24) is 9.55 Å². The molecule has 1 aromatic carbocycles. The average Bonchev–Trinajstić information content (AvgIpc) is 2.83. The Hall–Kier alpha value is -1.18. The second kappa shape index (κ2) is 6.51. The molecule has 2 rings (SSSR count). The van der Waals surface area contributed by atoms with Crippen molar-refractivity contribution in [2.75, 3.05) is 12.0 Å². The van der Waals surface area contributed by atoms with E-state index in [1.165, 1.54) is 0 Å². The van der Waals surface area contributed by atoms with Gasteiger partial charge in [-0.2, -0.15) is 17.0 Å². The lowest BCUT2D eigenvalue weighted by molar-refractivity contribution is 0.530. The lowest BCUT2D eigenvalue weighted by atomic mass is 10.2. The van der Waals surface area contributed by atoms with Gasteiger partial charge in [-0.1, -0.05) is 6.92 Å². The second-order valence-corrected chi connectivity index (χ2v) is 6.35.